The van der Waals surface area contributed by atoms with Crippen LogP contribution in [0.1, 0.15) is 41.5 Å². The van der Waals surface area contributed by atoms with E-state index in [1.165, 1.54) is 6.33 Å². The number of methoxy groups -OCH3 is 1. The van der Waals surface area contributed by atoms with Crippen LogP contribution in [0.5, 0.6) is 5.75 Å². The maximum atomic E-state index is 13.1. The van der Waals surface area contributed by atoms with E-state index in [9.17, 15) is 9.59 Å². The van der Waals surface area contributed by atoms with Crippen LogP contribution in [0, 0.1) is 0 Å². The van der Waals surface area contributed by atoms with Crippen LogP contribution in [-0.4, -0.2) is 76.1 Å². The van der Waals surface area contributed by atoms with Gasteiger partial charge in [0.2, 0.25) is 0 Å². The summed E-state index contributed by atoms with van der Waals surface area (Å²) in [4.78, 5) is 40.7. The van der Waals surface area contributed by atoms with E-state index >= 15 is 0 Å². The number of nitrogens with zero attached hydrogens (tertiary/aromatic N) is 6. The minimum Gasteiger partial charge on any atom is -0.497 e. The van der Waals surface area contributed by atoms with Crippen molar-refractivity contribution in [3.05, 3.63) is 65.9 Å². The number of rotatable bonds is 7. The molecule has 4 heterocycles. The van der Waals surface area contributed by atoms with Gasteiger partial charge in [0, 0.05) is 62.9 Å². The number of amides is 3. The Bertz CT molecular complexity index is 1300. The molecule has 0 unspecified atom stereocenters. The van der Waals surface area contributed by atoms with Crippen LogP contribution in [0.4, 0.5) is 16.3 Å². The normalized spacial score (nSPS) is 16.0. The number of hydrogen-bond donors (Lipinski definition) is 1. The summed E-state index contributed by atoms with van der Waals surface area (Å²) in [6.45, 7) is 5.62. The van der Waals surface area contributed by atoms with E-state index in [2.05, 4.69) is 31.7 Å². The summed E-state index contributed by atoms with van der Waals surface area (Å²) < 4.78 is 7.47. The number of urea groups is 1. The number of carbonyl (C=O) groups is 2. The molecule has 0 radical (unpaired) electrons. The SMILES string of the molecule is CCn1cccc1CN(C)C(=O)c1cc(N2CCC(N3CCc4cc(OC)ccc4NC3=O)CC2)ncn1. The van der Waals surface area contributed by atoms with Crippen LogP contribution in [0.25, 0.3) is 0 Å². The van der Waals surface area contributed by atoms with E-state index in [0.717, 1.165) is 67.4 Å². The number of piperidine rings is 1. The van der Waals surface area contributed by atoms with Crippen LogP contribution in [0.15, 0.2) is 48.9 Å². The molecule has 3 aromatic rings. The van der Waals surface area contributed by atoms with E-state index in [-0.39, 0.29) is 18.0 Å². The number of fused-ring (bicyclic) bond motifs is 1. The van der Waals surface area contributed by atoms with Crippen LogP contribution < -0.4 is 15.0 Å². The second-order valence-electron chi connectivity index (χ2n) is 9.82. The van der Waals surface area contributed by atoms with Gasteiger partial charge < -0.3 is 29.3 Å². The van der Waals surface area contributed by atoms with Crippen molar-refractivity contribution in [1.29, 1.82) is 0 Å². The topological polar surface area (TPSA) is 95.8 Å². The quantitative estimate of drug-likeness (QED) is 0.514. The second kappa shape index (κ2) is 11.1. The highest BCUT2D eigenvalue weighted by molar-refractivity contribution is 5.93. The molecule has 2 aliphatic heterocycles. The van der Waals surface area contributed by atoms with Crippen molar-refractivity contribution in [2.45, 2.75) is 45.3 Å². The number of aromatic nitrogens is 3. The highest BCUT2D eigenvalue weighted by atomic mass is 16.5. The third-order valence-corrected chi connectivity index (χ3v) is 7.55. The van der Waals surface area contributed by atoms with E-state index in [1.807, 2.05) is 41.4 Å². The summed E-state index contributed by atoms with van der Waals surface area (Å²) in [6.07, 6.45) is 5.91. The van der Waals surface area contributed by atoms with E-state index < -0.39 is 0 Å². The Kier molecular flexibility index (Phi) is 7.48. The van der Waals surface area contributed by atoms with Gasteiger partial charge in [-0.2, -0.15) is 0 Å². The molecule has 0 bridgehead atoms. The van der Waals surface area contributed by atoms with Crippen molar-refractivity contribution >= 4 is 23.4 Å². The van der Waals surface area contributed by atoms with Crippen molar-refractivity contribution in [3.8, 4) is 5.75 Å². The largest absolute Gasteiger partial charge is 0.497 e. The van der Waals surface area contributed by atoms with Crippen LogP contribution >= 0.6 is 0 Å². The van der Waals surface area contributed by atoms with Crippen LogP contribution in [0.2, 0.25) is 0 Å². The first-order valence-electron chi connectivity index (χ1n) is 13.2. The lowest BCUT2D eigenvalue weighted by atomic mass is 10.0. The molecule has 3 amide bonds. The Morgan fingerprint density at radius 2 is 1.97 bits per heavy atom. The molecule has 10 nitrogen and oxygen atoms in total. The van der Waals surface area contributed by atoms with Gasteiger partial charge in [-0.15, -0.1) is 0 Å². The minimum absolute atomic E-state index is 0.0560. The molecule has 0 spiro atoms. The lowest BCUT2D eigenvalue weighted by Gasteiger charge is -2.38. The molecular weight excluding hydrogens is 482 g/mol. The number of nitrogens with one attached hydrogen (secondary N) is 1. The molecule has 2 aromatic heterocycles. The number of benzene rings is 1. The molecule has 1 aromatic carbocycles. The molecule has 1 N–H and O–H groups in total. The standard InChI is InChI=1S/C28H35N7O3/c1-4-33-12-5-6-22(33)18-32(2)27(36)25-17-26(30-19-29-25)34-13-10-21(11-14-34)35-15-9-20-16-23(38-3)7-8-24(20)31-28(35)37/h5-8,12,16-17,19,21H,4,9-11,13-15,18H2,1-3H3,(H,31,37). The number of carbonyl (C=O) groups excluding carboxylic acids is 2. The Balaban J connectivity index is 1.20. The molecule has 1 saturated heterocycles. The summed E-state index contributed by atoms with van der Waals surface area (Å²) in [5.41, 5.74) is 3.40. The van der Waals surface area contributed by atoms with Gasteiger partial charge in [0.15, 0.2) is 0 Å². The first kappa shape index (κ1) is 25.6. The molecule has 5 rings (SSSR count). The van der Waals surface area contributed by atoms with Crippen molar-refractivity contribution in [2.75, 3.05) is 44.0 Å². The Morgan fingerprint density at radius 3 is 2.74 bits per heavy atom. The molecule has 10 heteroatoms. The average Bonchev–Trinajstić information content (AvgIpc) is 3.33. The zero-order valence-electron chi connectivity index (χ0n) is 22.3. The summed E-state index contributed by atoms with van der Waals surface area (Å²) >= 11 is 0. The summed E-state index contributed by atoms with van der Waals surface area (Å²) in [7, 11) is 3.45. The van der Waals surface area contributed by atoms with Crippen LogP contribution in [0.3, 0.4) is 0 Å². The highest BCUT2D eigenvalue weighted by Gasteiger charge is 2.31. The highest BCUT2D eigenvalue weighted by Crippen LogP contribution is 2.28. The predicted octanol–water partition coefficient (Wildman–Crippen LogP) is 3.64. The molecule has 38 heavy (non-hydrogen) atoms. The van der Waals surface area contributed by atoms with Gasteiger partial charge in [-0.05, 0) is 62.1 Å². The number of ether oxygens (including phenoxy) is 1. The Hall–Kier alpha value is -4.08. The van der Waals surface area contributed by atoms with Gasteiger partial charge in [-0.25, -0.2) is 14.8 Å². The Labute approximate surface area is 223 Å². The fourth-order valence-electron chi connectivity index (χ4n) is 5.36. The zero-order valence-corrected chi connectivity index (χ0v) is 22.3. The lowest BCUT2D eigenvalue weighted by Crippen LogP contribution is -2.49. The third-order valence-electron chi connectivity index (χ3n) is 7.55. The predicted molar refractivity (Wildman–Crippen MR) is 146 cm³/mol. The van der Waals surface area contributed by atoms with Gasteiger partial charge >= 0.3 is 6.03 Å². The number of aryl methyl sites for hydroxylation is 1. The summed E-state index contributed by atoms with van der Waals surface area (Å²) in [5.74, 6) is 1.40. The fraction of sp³-hybridized carbons (Fsp3) is 0.429. The average molecular weight is 518 g/mol. The van der Waals surface area contributed by atoms with E-state index in [0.29, 0.717) is 18.8 Å². The molecule has 2 aliphatic rings. The van der Waals surface area contributed by atoms with Gasteiger partial charge in [0.25, 0.3) is 5.91 Å². The number of anilines is 2. The van der Waals surface area contributed by atoms with Crippen molar-refractivity contribution in [2.24, 2.45) is 0 Å². The van der Waals surface area contributed by atoms with Crippen LogP contribution in [-0.2, 0) is 19.5 Å². The van der Waals surface area contributed by atoms with Gasteiger partial charge in [0.05, 0.1) is 13.7 Å². The van der Waals surface area contributed by atoms with E-state index in [1.54, 1.807) is 25.1 Å². The maximum absolute atomic E-state index is 13.1. The van der Waals surface area contributed by atoms with Crippen molar-refractivity contribution in [1.82, 2.24) is 24.3 Å². The lowest BCUT2D eigenvalue weighted by molar-refractivity contribution is 0.0776. The molecule has 0 aliphatic carbocycles. The summed E-state index contributed by atoms with van der Waals surface area (Å²) in [5, 5.41) is 3.07. The molecule has 0 saturated carbocycles. The van der Waals surface area contributed by atoms with Gasteiger partial charge in [-0.3, -0.25) is 4.79 Å². The zero-order chi connectivity index (χ0) is 26.6. The van der Waals surface area contributed by atoms with Gasteiger partial charge in [0.1, 0.15) is 23.6 Å². The number of hydrogen-bond acceptors (Lipinski definition) is 6. The third kappa shape index (κ3) is 5.29. The smallest absolute Gasteiger partial charge is 0.322 e. The molecule has 200 valence electrons. The first-order chi connectivity index (χ1) is 18.5. The van der Waals surface area contributed by atoms with Crippen molar-refractivity contribution < 1.29 is 14.3 Å². The monoisotopic (exact) mass is 517 g/mol. The fourth-order valence-corrected chi connectivity index (χ4v) is 5.36. The first-order valence-corrected chi connectivity index (χ1v) is 13.2. The maximum Gasteiger partial charge on any atom is 0.322 e. The van der Waals surface area contributed by atoms with E-state index in [4.69, 9.17) is 4.74 Å². The van der Waals surface area contributed by atoms with Crippen molar-refractivity contribution in [3.63, 3.8) is 0 Å². The minimum atomic E-state index is -0.134. The Morgan fingerprint density at radius 1 is 1.16 bits per heavy atom. The molecular formula is C28H35N7O3. The summed E-state index contributed by atoms with van der Waals surface area (Å²) in [6, 6.07) is 11.7. The molecule has 0 atom stereocenters. The molecule has 1 fully saturated rings. The second-order valence-corrected chi connectivity index (χ2v) is 9.82. The van der Waals surface area contributed by atoms with Gasteiger partial charge in [-0.1, -0.05) is 0 Å².